The Kier molecular flexibility index (Phi) is 4.85. The van der Waals surface area contributed by atoms with E-state index in [1.165, 1.54) is 0 Å². The Labute approximate surface area is 146 Å². The molecule has 0 bridgehead atoms. The zero-order valence-electron chi connectivity index (χ0n) is 14.8. The maximum Gasteiger partial charge on any atom is 0.344 e. The van der Waals surface area contributed by atoms with Crippen molar-refractivity contribution in [1.29, 1.82) is 0 Å². The maximum atomic E-state index is 12.4. The van der Waals surface area contributed by atoms with Gasteiger partial charge >= 0.3 is 5.97 Å². The van der Waals surface area contributed by atoms with Crippen molar-refractivity contribution in [1.82, 2.24) is 19.4 Å². The summed E-state index contributed by atoms with van der Waals surface area (Å²) in [6.45, 7) is 3.62. The van der Waals surface area contributed by atoms with Gasteiger partial charge in [-0.2, -0.15) is 0 Å². The molecule has 0 amide bonds. The summed E-state index contributed by atoms with van der Waals surface area (Å²) < 4.78 is 7.04. The predicted molar refractivity (Wildman–Crippen MR) is 98.6 cm³/mol. The van der Waals surface area contributed by atoms with Gasteiger partial charge in [-0.05, 0) is 46.1 Å². The van der Waals surface area contributed by atoms with Crippen molar-refractivity contribution in [3.63, 3.8) is 0 Å². The SMILES string of the molecule is CCOC(=O)c1c(N)n(CCCN(C)C)c2nc3ccccc3nc12. The molecule has 0 fully saturated rings. The Bertz CT molecular complexity index is 917. The molecule has 0 unspecified atom stereocenters. The number of ether oxygens (including phenoxy) is 1. The molecule has 25 heavy (non-hydrogen) atoms. The van der Waals surface area contributed by atoms with Gasteiger partial charge in [0.15, 0.2) is 5.65 Å². The van der Waals surface area contributed by atoms with E-state index in [0.29, 0.717) is 29.1 Å². The summed E-state index contributed by atoms with van der Waals surface area (Å²) >= 11 is 0. The van der Waals surface area contributed by atoms with Crippen molar-refractivity contribution < 1.29 is 9.53 Å². The number of hydrogen-bond acceptors (Lipinski definition) is 6. The number of nitrogens with two attached hydrogens (primary N) is 1. The first-order valence-electron chi connectivity index (χ1n) is 8.39. The number of nitrogen functional groups attached to an aromatic ring is 1. The van der Waals surface area contributed by atoms with Crippen LogP contribution in [-0.4, -0.2) is 52.7 Å². The molecule has 132 valence electrons. The first-order valence-corrected chi connectivity index (χ1v) is 8.39. The number of rotatable bonds is 6. The number of fused-ring (bicyclic) bond motifs is 2. The van der Waals surface area contributed by atoms with Gasteiger partial charge in [-0.3, -0.25) is 0 Å². The Morgan fingerprint density at radius 3 is 2.56 bits per heavy atom. The van der Waals surface area contributed by atoms with E-state index < -0.39 is 5.97 Å². The summed E-state index contributed by atoms with van der Waals surface area (Å²) in [5.74, 6) is -0.0940. The van der Waals surface area contributed by atoms with Crippen molar-refractivity contribution in [3.05, 3.63) is 29.8 Å². The van der Waals surface area contributed by atoms with E-state index in [9.17, 15) is 4.79 Å². The Hall–Kier alpha value is -2.67. The molecule has 0 aliphatic carbocycles. The molecule has 0 aliphatic heterocycles. The number of esters is 1. The van der Waals surface area contributed by atoms with E-state index in [-0.39, 0.29) is 6.61 Å². The molecule has 2 N–H and O–H groups in total. The minimum atomic E-state index is -0.457. The van der Waals surface area contributed by atoms with Gasteiger partial charge in [0, 0.05) is 6.54 Å². The maximum absolute atomic E-state index is 12.4. The topological polar surface area (TPSA) is 86.3 Å². The first-order chi connectivity index (χ1) is 12.0. The smallest absolute Gasteiger partial charge is 0.344 e. The third-order valence-corrected chi connectivity index (χ3v) is 4.06. The standard InChI is InChI=1S/C18H23N5O2/c1-4-25-18(24)14-15-17(21-13-9-6-5-8-12(13)20-15)23(16(14)19)11-7-10-22(2)3/h5-6,8-9H,4,7,10-11,19H2,1-3H3. The number of para-hydroxylation sites is 2. The molecule has 2 heterocycles. The molecule has 3 rings (SSSR count). The van der Waals surface area contributed by atoms with Gasteiger partial charge in [-0.1, -0.05) is 12.1 Å². The lowest BCUT2D eigenvalue weighted by atomic mass is 10.2. The van der Waals surface area contributed by atoms with Gasteiger partial charge in [0.2, 0.25) is 0 Å². The molecule has 2 aromatic heterocycles. The molecule has 0 radical (unpaired) electrons. The van der Waals surface area contributed by atoms with Crippen LogP contribution in [0.5, 0.6) is 0 Å². The van der Waals surface area contributed by atoms with Crippen LogP contribution in [-0.2, 0) is 11.3 Å². The Morgan fingerprint density at radius 2 is 1.92 bits per heavy atom. The van der Waals surface area contributed by atoms with E-state index in [2.05, 4.69) is 9.88 Å². The first kappa shape index (κ1) is 17.2. The van der Waals surface area contributed by atoms with E-state index >= 15 is 0 Å². The fraction of sp³-hybridized carbons (Fsp3) is 0.389. The number of carbonyl (C=O) groups is 1. The molecule has 0 saturated heterocycles. The lowest BCUT2D eigenvalue weighted by Crippen LogP contribution is -2.16. The summed E-state index contributed by atoms with van der Waals surface area (Å²) in [4.78, 5) is 23.9. The summed E-state index contributed by atoms with van der Waals surface area (Å²) in [5.41, 5.74) is 9.23. The molecular formula is C18H23N5O2. The number of nitrogens with zero attached hydrogens (tertiary/aromatic N) is 4. The average Bonchev–Trinajstić information content (AvgIpc) is 2.84. The third kappa shape index (κ3) is 3.28. The van der Waals surface area contributed by atoms with Gasteiger partial charge < -0.3 is 19.9 Å². The molecule has 0 aliphatic rings. The molecule has 0 atom stereocenters. The summed E-state index contributed by atoms with van der Waals surface area (Å²) in [7, 11) is 4.04. The summed E-state index contributed by atoms with van der Waals surface area (Å²) in [6, 6.07) is 7.58. The van der Waals surface area contributed by atoms with Gasteiger partial charge in [0.25, 0.3) is 0 Å². The second-order valence-corrected chi connectivity index (χ2v) is 6.17. The fourth-order valence-electron chi connectivity index (χ4n) is 2.89. The van der Waals surface area contributed by atoms with E-state index in [1.807, 2.05) is 42.9 Å². The summed E-state index contributed by atoms with van der Waals surface area (Å²) in [6.07, 6.45) is 0.887. The normalized spacial score (nSPS) is 11.5. The molecule has 0 saturated carbocycles. The second kappa shape index (κ2) is 7.06. The van der Waals surface area contributed by atoms with Crippen LogP contribution in [0.15, 0.2) is 24.3 Å². The highest BCUT2D eigenvalue weighted by Crippen LogP contribution is 2.28. The van der Waals surface area contributed by atoms with Crippen LogP contribution in [0.25, 0.3) is 22.2 Å². The average molecular weight is 341 g/mol. The lowest BCUT2D eigenvalue weighted by Gasteiger charge is -2.11. The predicted octanol–water partition coefficient (Wildman–Crippen LogP) is 2.30. The van der Waals surface area contributed by atoms with Gasteiger partial charge in [0.05, 0.1) is 17.6 Å². The van der Waals surface area contributed by atoms with Crippen LogP contribution in [0.2, 0.25) is 0 Å². The number of anilines is 1. The van der Waals surface area contributed by atoms with Crippen LogP contribution in [0.1, 0.15) is 23.7 Å². The monoisotopic (exact) mass is 341 g/mol. The molecule has 3 aromatic rings. The number of aromatic nitrogens is 3. The minimum absolute atomic E-state index is 0.284. The van der Waals surface area contributed by atoms with Gasteiger partial charge in [-0.15, -0.1) is 0 Å². The van der Waals surface area contributed by atoms with Crippen LogP contribution in [0, 0.1) is 0 Å². The number of aryl methyl sites for hydroxylation is 1. The number of benzene rings is 1. The van der Waals surface area contributed by atoms with Gasteiger partial charge in [-0.25, -0.2) is 14.8 Å². The quantitative estimate of drug-likeness (QED) is 0.692. The Balaban J connectivity index is 2.17. The molecule has 0 spiro atoms. The Morgan fingerprint density at radius 1 is 1.24 bits per heavy atom. The number of hydrogen-bond donors (Lipinski definition) is 1. The van der Waals surface area contributed by atoms with Crippen molar-refractivity contribution in [2.45, 2.75) is 19.9 Å². The van der Waals surface area contributed by atoms with E-state index in [1.54, 1.807) is 6.92 Å². The summed E-state index contributed by atoms with van der Waals surface area (Å²) in [5, 5.41) is 0. The highest BCUT2D eigenvalue weighted by molar-refractivity contribution is 6.08. The van der Waals surface area contributed by atoms with E-state index in [0.717, 1.165) is 24.0 Å². The largest absolute Gasteiger partial charge is 0.462 e. The van der Waals surface area contributed by atoms with Crippen LogP contribution < -0.4 is 5.73 Å². The molecule has 1 aromatic carbocycles. The molecule has 7 heteroatoms. The van der Waals surface area contributed by atoms with Crippen molar-refractivity contribution in [2.75, 3.05) is 33.0 Å². The van der Waals surface area contributed by atoms with Crippen LogP contribution in [0.3, 0.4) is 0 Å². The van der Waals surface area contributed by atoms with Crippen LogP contribution >= 0.6 is 0 Å². The van der Waals surface area contributed by atoms with Crippen molar-refractivity contribution in [3.8, 4) is 0 Å². The highest BCUT2D eigenvalue weighted by Gasteiger charge is 2.24. The second-order valence-electron chi connectivity index (χ2n) is 6.17. The van der Waals surface area contributed by atoms with Crippen molar-refractivity contribution in [2.24, 2.45) is 0 Å². The van der Waals surface area contributed by atoms with Crippen LogP contribution in [0.4, 0.5) is 5.82 Å². The van der Waals surface area contributed by atoms with Crippen molar-refractivity contribution >= 4 is 34.0 Å². The third-order valence-electron chi connectivity index (χ3n) is 4.06. The van der Waals surface area contributed by atoms with Gasteiger partial charge in [0.1, 0.15) is 16.9 Å². The highest BCUT2D eigenvalue weighted by atomic mass is 16.5. The zero-order valence-corrected chi connectivity index (χ0v) is 14.8. The van der Waals surface area contributed by atoms with E-state index in [4.69, 9.17) is 15.5 Å². The molecule has 7 nitrogen and oxygen atoms in total. The molecular weight excluding hydrogens is 318 g/mol. The lowest BCUT2D eigenvalue weighted by molar-refractivity contribution is 0.0529. The minimum Gasteiger partial charge on any atom is -0.462 e. The fourth-order valence-corrected chi connectivity index (χ4v) is 2.89. The zero-order chi connectivity index (χ0) is 18.0. The number of carbonyl (C=O) groups excluding carboxylic acids is 1.